The third-order valence-corrected chi connectivity index (χ3v) is 3.35. The Labute approximate surface area is 118 Å². The lowest BCUT2D eigenvalue weighted by Crippen LogP contribution is -2.11. The molecule has 0 bridgehead atoms. The van der Waals surface area contributed by atoms with Crippen LogP contribution < -0.4 is 5.73 Å². The number of carbonyl (C=O) groups excluding carboxylic acids is 1. The van der Waals surface area contributed by atoms with Gasteiger partial charge >= 0.3 is 0 Å². The Bertz CT molecular complexity index is 605. The number of unbranched alkanes of at least 4 members (excludes halogenated alkanes) is 1. The Kier molecular flexibility index (Phi) is 4.51. The summed E-state index contributed by atoms with van der Waals surface area (Å²) < 4.78 is 13.0. The monoisotopic (exact) mass is 271 g/mol. The van der Waals surface area contributed by atoms with Gasteiger partial charge in [-0.25, -0.2) is 4.39 Å². The number of aryl methyl sites for hydroxylation is 1. The van der Waals surface area contributed by atoms with Gasteiger partial charge < -0.3 is 5.73 Å². The highest BCUT2D eigenvalue weighted by atomic mass is 19.1. The van der Waals surface area contributed by atoms with Crippen LogP contribution >= 0.6 is 0 Å². The SMILES string of the molecule is CCCCc1ccc(C(N)=O)cc1-c1ccc(F)cc1. The van der Waals surface area contributed by atoms with Gasteiger partial charge in [-0.2, -0.15) is 0 Å². The zero-order valence-corrected chi connectivity index (χ0v) is 11.5. The summed E-state index contributed by atoms with van der Waals surface area (Å²) in [6, 6.07) is 11.8. The Hall–Kier alpha value is -2.16. The molecular formula is C17H18FNO. The normalized spacial score (nSPS) is 10.5. The first-order chi connectivity index (χ1) is 9.61. The van der Waals surface area contributed by atoms with Gasteiger partial charge in [0.1, 0.15) is 5.82 Å². The molecule has 0 aliphatic rings. The molecule has 1 amide bonds. The fourth-order valence-electron chi connectivity index (χ4n) is 2.21. The van der Waals surface area contributed by atoms with Gasteiger partial charge in [-0.05, 0) is 53.8 Å². The molecule has 0 aliphatic carbocycles. The van der Waals surface area contributed by atoms with Gasteiger partial charge in [-0.3, -0.25) is 4.79 Å². The minimum absolute atomic E-state index is 0.269. The van der Waals surface area contributed by atoms with Crippen molar-refractivity contribution in [2.24, 2.45) is 5.73 Å². The first-order valence-electron chi connectivity index (χ1n) is 6.80. The molecule has 0 heterocycles. The minimum Gasteiger partial charge on any atom is -0.366 e. The van der Waals surface area contributed by atoms with Gasteiger partial charge in [0.05, 0.1) is 0 Å². The predicted octanol–water partition coefficient (Wildman–Crippen LogP) is 3.93. The summed E-state index contributed by atoms with van der Waals surface area (Å²) in [5.41, 5.74) is 8.83. The Morgan fingerprint density at radius 2 is 1.85 bits per heavy atom. The fourth-order valence-corrected chi connectivity index (χ4v) is 2.21. The summed E-state index contributed by atoms with van der Waals surface area (Å²) in [6.07, 6.45) is 3.10. The standard InChI is InChI=1S/C17H18FNO/c1-2-3-4-12-5-6-14(17(19)20)11-16(12)13-7-9-15(18)10-8-13/h5-11H,2-4H2,1H3,(H2,19,20). The highest BCUT2D eigenvalue weighted by Gasteiger charge is 2.09. The molecule has 104 valence electrons. The maximum Gasteiger partial charge on any atom is 0.248 e. The molecule has 0 fully saturated rings. The summed E-state index contributed by atoms with van der Waals surface area (Å²) in [5.74, 6) is -0.717. The van der Waals surface area contributed by atoms with E-state index in [1.54, 1.807) is 24.3 Å². The zero-order valence-electron chi connectivity index (χ0n) is 11.5. The number of rotatable bonds is 5. The van der Waals surface area contributed by atoms with Crippen molar-refractivity contribution >= 4 is 5.91 Å². The van der Waals surface area contributed by atoms with Crippen LogP contribution in [-0.2, 0) is 6.42 Å². The van der Waals surface area contributed by atoms with E-state index in [4.69, 9.17) is 5.73 Å². The van der Waals surface area contributed by atoms with Crippen molar-refractivity contribution in [2.45, 2.75) is 26.2 Å². The minimum atomic E-state index is -0.449. The number of primary amides is 1. The van der Waals surface area contributed by atoms with E-state index in [-0.39, 0.29) is 5.82 Å². The third kappa shape index (κ3) is 3.23. The van der Waals surface area contributed by atoms with Crippen LogP contribution in [0.1, 0.15) is 35.7 Å². The molecule has 0 radical (unpaired) electrons. The summed E-state index contributed by atoms with van der Waals surface area (Å²) >= 11 is 0. The highest BCUT2D eigenvalue weighted by molar-refractivity contribution is 5.94. The Morgan fingerprint density at radius 3 is 2.45 bits per heavy atom. The highest BCUT2D eigenvalue weighted by Crippen LogP contribution is 2.26. The molecule has 2 aromatic rings. The molecule has 2 aromatic carbocycles. The van der Waals surface area contributed by atoms with Crippen molar-refractivity contribution in [1.29, 1.82) is 0 Å². The lowest BCUT2D eigenvalue weighted by atomic mass is 9.94. The molecular weight excluding hydrogens is 253 g/mol. The second kappa shape index (κ2) is 6.33. The summed E-state index contributed by atoms with van der Waals surface area (Å²) in [6.45, 7) is 2.13. The summed E-state index contributed by atoms with van der Waals surface area (Å²) in [5, 5.41) is 0. The van der Waals surface area contributed by atoms with E-state index in [1.165, 1.54) is 12.1 Å². The van der Waals surface area contributed by atoms with Crippen LogP contribution in [0, 0.1) is 5.82 Å². The summed E-state index contributed by atoms with van der Waals surface area (Å²) in [4.78, 5) is 11.3. The summed E-state index contributed by atoms with van der Waals surface area (Å²) in [7, 11) is 0. The van der Waals surface area contributed by atoms with Crippen LogP contribution in [0.25, 0.3) is 11.1 Å². The van der Waals surface area contributed by atoms with Crippen molar-refractivity contribution < 1.29 is 9.18 Å². The van der Waals surface area contributed by atoms with E-state index < -0.39 is 5.91 Å². The predicted molar refractivity (Wildman–Crippen MR) is 79.0 cm³/mol. The number of benzene rings is 2. The van der Waals surface area contributed by atoms with Gasteiger partial charge in [0.25, 0.3) is 0 Å². The lowest BCUT2D eigenvalue weighted by Gasteiger charge is -2.11. The largest absolute Gasteiger partial charge is 0.366 e. The maximum absolute atomic E-state index is 13.0. The van der Waals surface area contributed by atoms with Crippen molar-refractivity contribution in [2.75, 3.05) is 0 Å². The van der Waals surface area contributed by atoms with E-state index in [0.29, 0.717) is 5.56 Å². The third-order valence-electron chi connectivity index (χ3n) is 3.35. The maximum atomic E-state index is 13.0. The molecule has 0 saturated heterocycles. The average molecular weight is 271 g/mol. The number of carbonyl (C=O) groups is 1. The topological polar surface area (TPSA) is 43.1 Å². The number of hydrogen-bond acceptors (Lipinski definition) is 1. The van der Waals surface area contributed by atoms with Crippen molar-refractivity contribution in [3.8, 4) is 11.1 Å². The first kappa shape index (κ1) is 14.3. The smallest absolute Gasteiger partial charge is 0.248 e. The Balaban J connectivity index is 2.47. The number of amides is 1. The molecule has 3 heteroatoms. The van der Waals surface area contributed by atoms with Gasteiger partial charge in [0.2, 0.25) is 5.91 Å². The van der Waals surface area contributed by atoms with Gasteiger partial charge in [-0.1, -0.05) is 31.5 Å². The molecule has 2 rings (SSSR count). The molecule has 0 atom stereocenters. The molecule has 0 aliphatic heterocycles. The second-order valence-electron chi connectivity index (χ2n) is 4.85. The number of hydrogen-bond donors (Lipinski definition) is 1. The van der Waals surface area contributed by atoms with Crippen LogP contribution in [0.4, 0.5) is 4.39 Å². The molecule has 2 N–H and O–H groups in total. The van der Waals surface area contributed by atoms with Crippen molar-refractivity contribution in [3.05, 3.63) is 59.4 Å². The van der Waals surface area contributed by atoms with Crippen LogP contribution in [0.15, 0.2) is 42.5 Å². The molecule has 0 unspecified atom stereocenters. The number of halogens is 1. The number of nitrogens with two attached hydrogens (primary N) is 1. The van der Waals surface area contributed by atoms with Crippen LogP contribution in [0.2, 0.25) is 0 Å². The van der Waals surface area contributed by atoms with Gasteiger partial charge in [0, 0.05) is 5.56 Å². The van der Waals surface area contributed by atoms with E-state index in [2.05, 4.69) is 6.92 Å². The van der Waals surface area contributed by atoms with Crippen LogP contribution in [-0.4, -0.2) is 5.91 Å². The van der Waals surface area contributed by atoms with E-state index in [0.717, 1.165) is 36.0 Å². The molecule has 0 aromatic heterocycles. The van der Waals surface area contributed by atoms with Crippen molar-refractivity contribution in [1.82, 2.24) is 0 Å². The first-order valence-corrected chi connectivity index (χ1v) is 6.80. The molecule has 20 heavy (non-hydrogen) atoms. The quantitative estimate of drug-likeness (QED) is 0.879. The molecule has 0 spiro atoms. The average Bonchev–Trinajstić information content (AvgIpc) is 2.45. The van der Waals surface area contributed by atoms with E-state index >= 15 is 0 Å². The van der Waals surface area contributed by atoms with Crippen LogP contribution in [0.5, 0.6) is 0 Å². The van der Waals surface area contributed by atoms with Crippen LogP contribution in [0.3, 0.4) is 0 Å². The van der Waals surface area contributed by atoms with Crippen molar-refractivity contribution in [3.63, 3.8) is 0 Å². The zero-order chi connectivity index (χ0) is 14.5. The second-order valence-corrected chi connectivity index (χ2v) is 4.85. The van der Waals surface area contributed by atoms with E-state index in [1.807, 2.05) is 6.07 Å². The van der Waals surface area contributed by atoms with Gasteiger partial charge in [-0.15, -0.1) is 0 Å². The molecule has 2 nitrogen and oxygen atoms in total. The lowest BCUT2D eigenvalue weighted by molar-refractivity contribution is 0.100. The molecule has 0 saturated carbocycles. The van der Waals surface area contributed by atoms with E-state index in [9.17, 15) is 9.18 Å². The fraction of sp³-hybridized carbons (Fsp3) is 0.235. The van der Waals surface area contributed by atoms with Gasteiger partial charge in [0.15, 0.2) is 0 Å². The Morgan fingerprint density at radius 1 is 1.15 bits per heavy atom.